The minimum absolute atomic E-state index is 0. The second-order valence-corrected chi connectivity index (χ2v) is 2.44. The number of benzene rings is 1. The molecule has 0 atom stereocenters. The van der Waals surface area contributed by atoms with Crippen LogP contribution >= 0.6 is 17.0 Å². The first-order valence-corrected chi connectivity index (χ1v) is 3.66. The van der Waals surface area contributed by atoms with Crippen LogP contribution in [0.4, 0.5) is 0 Å². The molecule has 13 heavy (non-hydrogen) atoms. The van der Waals surface area contributed by atoms with Gasteiger partial charge in [-0.25, -0.2) is 4.68 Å². The molecule has 1 N–H and O–H groups in total. The molecular formula is C9H9BrN2O. The van der Waals surface area contributed by atoms with E-state index in [1.807, 2.05) is 18.2 Å². The molecule has 68 valence electrons. The summed E-state index contributed by atoms with van der Waals surface area (Å²) in [6.07, 6.45) is 3.46. The number of nitrogens with zero attached hydrogens (tertiary/aromatic N) is 2. The van der Waals surface area contributed by atoms with Crippen molar-refractivity contribution in [3.8, 4) is 11.4 Å². The highest BCUT2D eigenvalue weighted by Gasteiger charge is 1.99. The van der Waals surface area contributed by atoms with E-state index in [0.29, 0.717) is 5.69 Å². The standard InChI is InChI=1S/C9H8N2O.BrH/c12-9-5-2-1-4-8(9)11-7-3-6-10-11;/h1-7,12H;1H. The molecule has 1 aromatic carbocycles. The van der Waals surface area contributed by atoms with E-state index in [-0.39, 0.29) is 22.7 Å². The maximum atomic E-state index is 9.42. The molecule has 0 bridgehead atoms. The Labute approximate surface area is 86.4 Å². The molecule has 0 aliphatic carbocycles. The Bertz CT molecular complexity index is 373. The molecular weight excluding hydrogens is 232 g/mol. The lowest BCUT2D eigenvalue weighted by Crippen LogP contribution is -1.93. The summed E-state index contributed by atoms with van der Waals surface area (Å²) in [7, 11) is 0. The van der Waals surface area contributed by atoms with Gasteiger partial charge in [-0.1, -0.05) is 12.1 Å². The van der Waals surface area contributed by atoms with Crippen LogP contribution in [0, 0.1) is 0 Å². The van der Waals surface area contributed by atoms with Crippen LogP contribution in [-0.4, -0.2) is 14.9 Å². The molecule has 0 saturated carbocycles. The topological polar surface area (TPSA) is 38.0 Å². The first kappa shape index (κ1) is 9.80. The zero-order valence-electron chi connectivity index (χ0n) is 6.79. The molecule has 0 unspecified atom stereocenters. The summed E-state index contributed by atoms with van der Waals surface area (Å²) in [4.78, 5) is 0. The van der Waals surface area contributed by atoms with Crippen LogP contribution in [0.15, 0.2) is 42.7 Å². The van der Waals surface area contributed by atoms with Gasteiger partial charge in [-0.15, -0.1) is 17.0 Å². The van der Waals surface area contributed by atoms with Gasteiger partial charge in [-0.3, -0.25) is 0 Å². The average Bonchev–Trinajstić information content (AvgIpc) is 2.57. The molecule has 0 spiro atoms. The SMILES string of the molecule is Br.Oc1ccccc1-n1cccn1. The van der Waals surface area contributed by atoms with Crippen molar-refractivity contribution in [2.75, 3.05) is 0 Å². The highest BCUT2D eigenvalue weighted by molar-refractivity contribution is 8.93. The van der Waals surface area contributed by atoms with Crippen molar-refractivity contribution in [1.29, 1.82) is 0 Å². The molecule has 0 aliphatic heterocycles. The van der Waals surface area contributed by atoms with Crippen LogP contribution in [0.2, 0.25) is 0 Å². The van der Waals surface area contributed by atoms with E-state index in [9.17, 15) is 5.11 Å². The molecule has 1 heterocycles. The first-order chi connectivity index (χ1) is 5.88. The van der Waals surface area contributed by atoms with Crippen LogP contribution in [0.25, 0.3) is 5.69 Å². The van der Waals surface area contributed by atoms with Crippen molar-refractivity contribution in [3.05, 3.63) is 42.7 Å². The summed E-state index contributed by atoms with van der Waals surface area (Å²) in [5, 5.41) is 13.4. The highest BCUT2D eigenvalue weighted by Crippen LogP contribution is 2.18. The van der Waals surface area contributed by atoms with E-state index in [2.05, 4.69) is 5.10 Å². The fourth-order valence-corrected chi connectivity index (χ4v) is 1.07. The largest absolute Gasteiger partial charge is 0.506 e. The number of para-hydroxylation sites is 2. The number of hydrogen-bond acceptors (Lipinski definition) is 2. The minimum Gasteiger partial charge on any atom is -0.506 e. The quantitative estimate of drug-likeness (QED) is 0.830. The third-order valence-electron chi connectivity index (χ3n) is 1.63. The van der Waals surface area contributed by atoms with E-state index in [0.717, 1.165) is 0 Å². The van der Waals surface area contributed by atoms with Crippen LogP contribution in [0.5, 0.6) is 5.75 Å². The number of phenols is 1. The summed E-state index contributed by atoms with van der Waals surface area (Å²) in [6, 6.07) is 8.89. The van der Waals surface area contributed by atoms with Gasteiger partial charge in [0.05, 0.1) is 0 Å². The van der Waals surface area contributed by atoms with Crippen LogP contribution in [0.3, 0.4) is 0 Å². The van der Waals surface area contributed by atoms with Crippen LogP contribution in [0.1, 0.15) is 0 Å². The molecule has 0 fully saturated rings. The minimum atomic E-state index is 0. The first-order valence-electron chi connectivity index (χ1n) is 3.66. The fourth-order valence-electron chi connectivity index (χ4n) is 1.07. The molecule has 1 aromatic heterocycles. The van der Waals surface area contributed by atoms with Gasteiger partial charge in [0.2, 0.25) is 0 Å². The number of phenolic OH excluding ortho intramolecular Hbond substituents is 1. The molecule has 2 aromatic rings. The lowest BCUT2D eigenvalue weighted by atomic mass is 10.3. The number of rotatable bonds is 1. The van der Waals surface area contributed by atoms with Crippen molar-refractivity contribution < 1.29 is 5.11 Å². The number of hydrogen-bond donors (Lipinski definition) is 1. The Kier molecular flexibility index (Phi) is 3.08. The lowest BCUT2D eigenvalue weighted by molar-refractivity contribution is 0.470. The van der Waals surface area contributed by atoms with Crippen molar-refractivity contribution in [1.82, 2.24) is 9.78 Å². The number of halogens is 1. The van der Waals surface area contributed by atoms with E-state index < -0.39 is 0 Å². The van der Waals surface area contributed by atoms with E-state index in [4.69, 9.17) is 0 Å². The van der Waals surface area contributed by atoms with Crippen molar-refractivity contribution in [2.24, 2.45) is 0 Å². The molecule has 2 rings (SSSR count). The number of aromatic nitrogens is 2. The Morgan fingerprint density at radius 3 is 2.54 bits per heavy atom. The molecule has 0 radical (unpaired) electrons. The van der Waals surface area contributed by atoms with E-state index >= 15 is 0 Å². The Balaban J connectivity index is 0.000000845. The second kappa shape index (κ2) is 4.09. The Morgan fingerprint density at radius 1 is 1.15 bits per heavy atom. The maximum Gasteiger partial charge on any atom is 0.141 e. The van der Waals surface area contributed by atoms with Gasteiger partial charge in [-0.2, -0.15) is 5.10 Å². The predicted molar refractivity (Wildman–Crippen MR) is 55.6 cm³/mol. The van der Waals surface area contributed by atoms with Gasteiger partial charge in [0.25, 0.3) is 0 Å². The zero-order chi connectivity index (χ0) is 8.39. The van der Waals surface area contributed by atoms with Gasteiger partial charge in [-0.05, 0) is 18.2 Å². The maximum absolute atomic E-state index is 9.42. The van der Waals surface area contributed by atoms with Crippen molar-refractivity contribution >= 4 is 17.0 Å². The normalized spacial score (nSPS) is 9.23. The van der Waals surface area contributed by atoms with Gasteiger partial charge >= 0.3 is 0 Å². The van der Waals surface area contributed by atoms with Crippen molar-refractivity contribution in [2.45, 2.75) is 0 Å². The Morgan fingerprint density at radius 2 is 1.92 bits per heavy atom. The smallest absolute Gasteiger partial charge is 0.141 e. The molecule has 3 nitrogen and oxygen atoms in total. The summed E-state index contributed by atoms with van der Waals surface area (Å²) in [6.45, 7) is 0. The highest BCUT2D eigenvalue weighted by atomic mass is 79.9. The van der Waals surface area contributed by atoms with Crippen molar-refractivity contribution in [3.63, 3.8) is 0 Å². The van der Waals surface area contributed by atoms with Gasteiger partial charge in [0.15, 0.2) is 0 Å². The molecule has 0 amide bonds. The monoisotopic (exact) mass is 240 g/mol. The third-order valence-corrected chi connectivity index (χ3v) is 1.63. The molecule has 0 saturated heterocycles. The predicted octanol–water partition coefficient (Wildman–Crippen LogP) is 2.16. The zero-order valence-corrected chi connectivity index (χ0v) is 8.50. The van der Waals surface area contributed by atoms with E-state index in [1.165, 1.54) is 0 Å². The van der Waals surface area contributed by atoms with Gasteiger partial charge < -0.3 is 5.11 Å². The van der Waals surface area contributed by atoms with Crippen LogP contribution < -0.4 is 0 Å². The fraction of sp³-hybridized carbons (Fsp3) is 0. The summed E-state index contributed by atoms with van der Waals surface area (Å²) in [5.74, 6) is 0.237. The summed E-state index contributed by atoms with van der Waals surface area (Å²) >= 11 is 0. The van der Waals surface area contributed by atoms with E-state index in [1.54, 1.807) is 29.2 Å². The molecule has 4 heteroatoms. The third kappa shape index (κ3) is 1.89. The summed E-state index contributed by atoms with van der Waals surface area (Å²) < 4.78 is 1.62. The van der Waals surface area contributed by atoms with Gasteiger partial charge in [0.1, 0.15) is 11.4 Å². The number of aromatic hydroxyl groups is 1. The Hall–Kier alpha value is -1.29. The van der Waals surface area contributed by atoms with Gasteiger partial charge in [0, 0.05) is 12.4 Å². The molecule has 0 aliphatic rings. The average molecular weight is 241 g/mol. The lowest BCUT2D eigenvalue weighted by Gasteiger charge is -2.02. The summed E-state index contributed by atoms with van der Waals surface area (Å²) in [5.41, 5.74) is 0.697. The second-order valence-electron chi connectivity index (χ2n) is 2.44. The van der Waals surface area contributed by atoms with Crippen LogP contribution in [-0.2, 0) is 0 Å².